The number of thiazole rings is 1. The van der Waals surface area contributed by atoms with Crippen molar-refractivity contribution >= 4 is 34.5 Å². The molecule has 3 aromatic rings. The van der Waals surface area contributed by atoms with Crippen molar-refractivity contribution in [2.24, 2.45) is 0 Å². The van der Waals surface area contributed by atoms with E-state index in [1.54, 1.807) is 30.6 Å². The van der Waals surface area contributed by atoms with Crippen LogP contribution in [0.4, 0.5) is 5.69 Å². The number of halogens is 1. The van der Waals surface area contributed by atoms with E-state index < -0.39 is 0 Å². The van der Waals surface area contributed by atoms with Crippen LogP contribution in [0.25, 0.3) is 0 Å². The Kier molecular flexibility index (Phi) is 5.31. The van der Waals surface area contributed by atoms with Crippen molar-refractivity contribution in [3.05, 3.63) is 68.9 Å². The number of hydrogen-bond donors (Lipinski definition) is 1. The number of aromatic nitrogens is 2. The number of aryl methyl sites for hydroxylation is 1. The Bertz CT molecular complexity index is 897. The number of carbonyl (C=O) groups excluding carboxylic acids is 1. The highest BCUT2D eigenvalue weighted by Crippen LogP contribution is 2.25. The molecule has 7 heteroatoms. The standard InChI is InChI=1S/C18H16ClN3O2S/c1-11-14(19)6-3-7-15(11)22-18(23)17-12(2)21-16(25-17)10-24-13-5-4-8-20-9-13/h3-9H,10H2,1-2H3,(H,22,23). The monoisotopic (exact) mass is 373 g/mol. The normalized spacial score (nSPS) is 10.5. The molecule has 0 atom stereocenters. The summed E-state index contributed by atoms with van der Waals surface area (Å²) in [5.74, 6) is 0.462. The van der Waals surface area contributed by atoms with Crippen LogP contribution in [0, 0.1) is 13.8 Å². The molecule has 1 N–H and O–H groups in total. The SMILES string of the molecule is Cc1nc(COc2cccnc2)sc1C(=O)Nc1cccc(Cl)c1C. The molecule has 0 aliphatic heterocycles. The van der Waals surface area contributed by atoms with Gasteiger partial charge >= 0.3 is 0 Å². The summed E-state index contributed by atoms with van der Waals surface area (Å²) in [6.07, 6.45) is 3.32. The third-order valence-electron chi connectivity index (χ3n) is 3.56. The maximum Gasteiger partial charge on any atom is 0.267 e. The van der Waals surface area contributed by atoms with E-state index in [1.165, 1.54) is 11.3 Å². The number of pyridine rings is 1. The van der Waals surface area contributed by atoms with Crippen LogP contribution in [0.1, 0.15) is 25.9 Å². The zero-order chi connectivity index (χ0) is 17.8. The van der Waals surface area contributed by atoms with E-state index in [0.717, 1.165) is 10.6 Å². The lowest BCUT2D eigenvalue weighted by atomic mass is 10.2. The second-order valence-corrected chi connectivity index (χ2v) is 6.86. The fourth-order valence-corrected chi connectivity index (χ4v) is 3.27. The number of ether oxygens (including phenoxy) is 1. The van der Waals surface area contributed by atoms with Gasteiger partial charge in [-0.25, -0.2) is 4.98 Å². The number of anilines is 1. The van der Waals surface area contributed by atoms with Gasteiger partial charge in [-0.1, -0.05) is 17.7 Å². The molecule has 0 fully saturated rings. The van der Waals surface area contributed by atoms with Crippen LogP contribution < -0.4 is 10.1 Å². The first kappa shape index (κ1) is 17.4. The van der Waals surface area contributed by atoms with Gasteiger partial charge in [-0.15, -0.1) is 11.3 Å². The zero-order valence-corrected chi connectivity index (χ0v) is 15.3. The lowest BCUT2D eigenvalue weighted by Crippen LogP contribution is -2.12. The summed E-state index contributed by atoms with van der Waals surface area (Å²) in [6.45, 7) is 3.97. The van der Waals surface area contributed by atoms with Gasteiger partial charge in [0.05, 0.1) is 11.9 Å². The fraction of sp³-hybridized carbons (Fsp3) is 0.167. The smallest absolute Gasteiger partial charge is 0.267 e. The van der Waals surface area contributed by atoms with Crippen molar-refractivity contribution in [1.82, 2.24) is 9.97 Å². The highest BCUT2D eigenvalue weighted by atomic mass is 35.5. The molecule has 0 saturated heterocycles. The molecule has 0 radical (unpaired) electrons. The quantitative estimate of drug-likeness (QED) is 0.707. The van der Waals surface area contributed by atoms with Crippen LogP contribution in [0.3, 0.4) is 0 Å². The maximum absolute atomic E-state index is 12.6. The first-order chi connectivity index (χ1) is 12.0. The van der Waals surface area contributed by atoms with Crippen LogP contribution in [0.2, 0.25) is 5.02 Å². The molecule has 3 rings (SSSR count). The summed E-state index contributed by atoms with van der Waals surface area (Å²) in [5.41, 5.74) is 2.20. The maximum atomic E-state index is 12.6. The molecule has 0 saturated carbocycles. The summed E-state index contributed by atoms with van der Waals surface area (Å²) in [5, 5.41) is 4.24. The van der Waals surface area contributed by atoms with Crippen LogP contribution in [0.5, 0.6) is 5.75 Å². The van der Waals surface area contributed by atoms with Gasteiger partial charge in [0.2, 0.25) is 0 Å². The fourth-order valence-electron chi connectivity index (χ4n) is 2.22. The van der Waals surface area contributed by atoms with Gasteiger partial charge in [-0.2, -0.15) is 0 Å². The Morgan fingerprint density at radius 3 is 2.88 bits per heavy atom. The van der Waals surface area contributed by atoms with Gasteiger partial charge in [-0.3, -0.25) is 9.78 Å². The van der Waals surface area contributed by atoms with Gasteiger partial charge in [0.25, 0.3) is 5.91 Å². The van der Waals surface area contributed by atoms with E-state index in [4.69, 9.17) is 16.3 Å². The van der Waals surface area contributed by atoms with E-state index in [-0.39, 0.29) is 5.91 Å². The zero-order valence-electron chi connectivity index (χ0n) is 13.7. The molecular weight excluding hydrogens is 358 g/mol. The minimum Gasteiger partial charge on any atom is -0.485 e. The Labute approximate surface area is 154 Å². The molecule has 0 bridgehead atoms. The summed E-state index contributed by atoms with van der Waals surface area (Å²) < 4.78 is 5.63. The van der Waals surface area contributed by atoms with Crippen molar-refractivity contribution in [2.75, 3.05) is 5.32 Å². The lowest BCUT2D eigenvalue weighted by Gasteiger charge is -2.08. The Hall–Kier alpha value is -2.44. The van der Waals surface area contributed by atoms with E-state index in [1.807, 2.05) is 26.0 Å². The number of nitrogens with one attached hydrogen (secondary N) is 1. The number of nitrogens with zero attached hydrogens (tertiary/aromatic N) is 2. The predicted octanol–water partition coefficient (Wildman–Crippen LogP) is 4.64. The second-order valence-electron chi connectivity index (χ2n) is 5.37. The Balaban J connectivity index is 1.71. The number of amides is 1. The predicted molar refractivity (Wildman–Crippen MR) is 99.6 cm³/mol. The highest BCUT2D eigenvalue weighted by molar-refractivity contribution is 7.13. The molecule has 128 valence electrons. The van der Waals surface area contributed by atoms with Crippen LogP contribution in [0.15, 0.2) is 42.7 Å². The average molecular weight is 374 g/mol. The van der Waals surface area contributed by atoms with E-state index in [0.29, 0.717) is 33.6 Å². The van der Waals surface area contributed by atoms with Crippen molar-refractivity contribution in [3.63, 3.8) is 0 Å². The van der Waals surface area contributed by atoms with Crippen molar-refractivity contribution < 1.29 is 9.53 Å². The molecule has 0 aliphatic rings. The molecular formula is C18H16ClN3O2S. The van der Waals surface area contributed by atoms with Crippen molar-refractivity contribution in [3.8, 4) is 5.75 Å². The first-order valence-corrected chi connectivity index (χ1v) is 8.79. The molecule has 1 aromatic carbocycles. The third kappa shape index (κ3) is 4.15. The van der Waals surface area contributed by atoms with Crippen molar-refractivity contribution in [1.29, 1.82) is 0 Å². The van der Waals surface area contributed by atoms with Gasteiger partial charge in [-0.05, 0) is 43.7 Å². The summed E-state index contributed by atoms with van der Waals surface area (Å²) in [7, 11) is 0. The Morgan fingerprint density at radius 1 is 1.28 bits per heavy atom. The van der Waals surface area contributed by atoms with E-state index in [9.17, 15) is 4.79 Å². The molecule has 0 spiro atoms. The third-order valence-corrected chi connectivity index (χ3v) is 5.10. The molecule has 2 heterocycles. The highest BCUT2D eigenvalue weighted by Gasteiger charge is 2.17. The van der Waals surface area contributed by atoms with Crippen LogP contribution in [-0.4, -0.2) is 15.9 Å². The average Bonchev–Trinajstić information content (AvgIpc) is 2.99. The second kappa shape index (κ2) is 7.63. The van der Waals surface area contributed by atoms with Crippen LogP contribution >= 0.6 is 22.9 Å². The van der Waals surface area contributed by atoms with E-state index >= 15 is 0 Å². The number of benzene rings is 1. The summed E-state index contributed by atoms with van der Waals surface area (Å²) in [4.78, 5) is 21.5. The summed E-state index contributed by atoms with van der Waals surface area (Å²) >= 11 is 7.41. The first-order valence-electron chi connectivity index (χ1n) is 7.60. The summed E-state index contributed by atoms with van der Waals surface area (Å²) in [6, 6.07) is 9.04. The van der Waals surface area contributed by atoms with Crippen LogP contribution in [-0.2, 0) is 6.61 Å². The molecule has 5 nitrogen and oxygen atoms in total. The minimum absolute atomic E-state index is 0.201. The van der Waals surface area contributed by atoms with E-state index in [2.05, 4.69) is 15.3 Å². The largest absolute Gasteiger partial charge is 0.485 e. The molecule has 0 unspecified atom stereocenters. The number of hydrogen-bond acceptors (Lipinski definition) is 5. The number of carbonyl (C=O) groups is 1. The molecule has 25 heavy (non-hydrogen) atoms. The molecule has 0 aliphatic carbocycles. The molecule has 1 amide bonds. The van der Waals surface area contributed by atoms with Gasteiger partial charge in [0, 0.05) is 16.9 Å². The topological polar surface area (TPSA) is 64.1 Å². The van der Waals surface area contributed by atoms with Gasteiger partial charge in [0.15, 0.2) is 0 Å². The minimum atomic E-state index is -0.201. The van der Waals surface area contributed by atoms with Gasteiger partial charge in [0.1, 0.15) is 22.2 Å². The van der Waals surface area contributed by atoms with Gasteiger partial charge < -0.3 is 10.1 Å². The number of rotatable bonds is 5. The van der Waals surface area contributed by atoms with Crippen molar-refractivity contribution in [2.45, 2.75) is 20.5 Å². The molecule has 2 aromatic heterocycles. The Morgan fingerprint density at radius 2 is 2.12 bits per heavy atom. The lowest BCUT2D eigenvalue weighted by molar-refractivity contribution is 0.102.